The topological polar surface area (TPSA) is 46.5 Å². The van der Waals surface area contributed by atoms with E-state index in [0.29, 0.717) is 6.26 Å². The van der Waals surface area contributed by atoms with Gasteiger partial charge in [0.2, 0.25) is 0 Å². The maximum absolute atomic E-state index is 10.3. The van der Waals surface area contributed by atoms with Crippen molar-refractivity contribution in [3.8, 4) is 0 Å². The Morgan fingerprint density at radius 3 is 2.11 bits per heavy atom. The van der Waals surface area contributed by atoms with Crippen LogP contribution >= 0.6 is 0 Å². The second-order valence-corrected chi connectivity index (χ2v) is 1.25. The van der Waals surface area contributed by atoms with Gasteiger partial charge in [0, 0.05) is 6.92 Å². The summed E-state index contributed by atoms with van der Waals surface area (Å²) in [6.07, 6.45) is 0.641. The number of ketones is 1. The first-order valence-electron chi connectivity index (χ1n) is 2.11. The molecular weight excluding hydrogens is 131 g/mol. The van der Waals surface area contributed by atoms with Gasteiger partial charge in [0.05, 0.1) is 7.11 Å². The van der Waals surface area contributed by atoms with Crippen molar-refractivity contribution in [1.82, 2.24) is 0 Å². The van der Waals surface area contributed by atoms with Crippen molar-refractivity contribution in [3.05, 3.63) is 12.0 Å². The fourth-order valence-electron chi connectivity index (χ4n) is 0.287. The Kier molecular flexibility index (Phi) is 8.02. The molecule has 0 saturated carbocycles. The summed E-state index contributed by atoms with van der Waals surface area (Å²) in [6.45, 7) is 1.31. The molecular formula is C5H9NaO3. The van der Waals surface area contributed by atoms with Gasteiger partial charge in [-0.15, -0.1) is 0 Å². The normalized spacial score (nSPS) is 9.78. The van der Waals surface area contributed by atoms with E-state index < -0.39 is 0 Å². The van der Waals surface area contributed by atoms with Gasteiger partial charge >= 0.3 is 29.6 Å². The second kappa shape index (κ2) is 6.13. The van der Waals surface area contributed by atoms with Crippen LogP contribution in [0.3, 0.4) is 0 Å². The van der Waals surface area contributed by atoms with E-state index in [0.717, 1.165) is 0 Å². The molecule has 0 aromatic carbocycles. The summed E-state index contributed by atoms with van der Waals surface area (Å²) in [5.41, 5.74) is 0. The molecule has 0 spiro atoms. The molecule has 0 bridgehead atoms. The predicted molar refractivity (Wildman–Crippen MR) is 35.6 cm³/mol. The quantitative estimate of drug-likeness (QED) is 0.333. The van der Waals surface area contributed by atoms with Gasteiger partial charge in [0.25, 0.3) is 0 Å². The molecule has 0 aliphatic heterocycles. The molecule has 0 fully saturated rings. The van der Waals surface area contributed by atoms with Crippen LogP contribution in [0.2, 0.25) is 0 Å². The summed E-state index contributed by atoms with van der Waals surface area (Å²) in [6, 6.07) is 0. The number of Topliss-reactive ketones (excluding diaryl/α,β-unsaturated/α-hetero) is 1. The molecule has 9 heavy (non-hydrogen) atoms. The summed E-state index contributed by atoms with van der Waals surface area (Å²) in [5, 5.41) is 8.19. The van der Waals surface area contributed by atoms with Gasteiger partial charge in [-0.1, -0.05) is 0 Å². The van der Waals surface area contributed by atoms with E-state index in [2.05, 4.69) is 4.74 Å². The van der Waals surface area contributed by atoms with Gasteiger partial charge in [-0.05, 0) is 0 Å². The SMILES string of the molecule is CO/C(=C\O)C(C)=O.[NaH]. The van der Waals surface area contributed by atoms with Gasteiger partial charge < -0.3 is 9.84 Å². The number of carbonyl (C=O) groups excluding carboxylic acids is 1. The summed E-state index contributed by atoms with van der Waals surface area (Å²) in [7, 11) is 1.32. The first-order valence-corrected chi connectivity index (χ1v) is 2.11. The molecule has 3 nitrogen and oxygen atoms in total. The zero-order chi connectivity index (χ0) is 6.57. The van der Waals surface area contributed by atoms with Crippen LogP contribution in [0.15, 0.2) is 12.0 Å². The molecule has 0 heterocycles. The molecule has 0 unspecified atom stereocenters. The van der Waals surface area contributed by atoms with E-state index in [9.17, 15) is 4.79 Å². The number of allylic oxidation sites excluding steroid dienone is 1. The number of aliphatic hydroxyl groups excluding tert-OH is 1. The standard InChI is InChI=1S/C5H8O3.Na.H/c1-4(7)5(3-6)8-2;;/h3,6H,1-2H3;;/b5-3-;;. The van der Waals surface area contributed by atoms with Crippen molar-refractivity contribution in [2.75, 3.05) is 7.11 Å². The van der Waals surface area contributed by atoms with Gasteiger partial charge in [-0.25, -0.2) is 0 Å². The number of aliphatic hydroxyl groups is 1. The molecule has 1 N–H and O–H groups in total. The van der Waals surface area contributed by atoms with E-state index in [1.54, 1.807) is 0 Å². The molecule has 0 amide bonds. The van der Waals surface area contributed by atoms with E-state index in [-0.39, 0.29) is 41.1 Å². The molecule has 0 aliphatic carbocycles. The van der Waals surface area contributed by atoms with Crippen molar-refractivity contribution in [3.63, 3.8) is 0 Å². The van der Waals surface area contributed by atoms with Crippen LogP contribution in [0.5, 0.6) is 0 Å². The maximum atomic E-state index is 10.3. The van der Waals surface area contributed by atoms with Crippen LogP contribution < -0.4 is 0 Å². The average molecular weight is 140 g/mol. The molecule has 48 valence electrons. The summed E-state index contributed by atoms with van der Waals surface area (Å²) in [5.74, 6) is -0.306. The molecule has 0 aromatic rings. The fraction of sp³-hybridized carbons (Fsp3) is 0.400. The Bertz CT molecular complexity index is 119. The van der Waals surface area contributed by atoms with Crippen LogP contribution in [-0.2, 0) is 9.53 Å². The van der Waals surface area contributed by atoms with Crippen molar-refractivity contribution < 1.29 is 14.6 Å². The predicted octanol–water partition coefficient (Wildman–Crippen LogP) is -0.0273. The van der Waals surface area contributed by atoms with Crippen LogP contribution in [0.25, 0.3) is 0 Å². The van der Waals surface area contributed by atoms with Crippen molar-refractivity contribution in [2.45, 2.75) is 6.92 Å². The monoisotopic (exact) mass is 140 g/mol. The summed E-state index contributed by atoms with van der Waals surface area (Å²) < 4.78 is 4.42. The fourth-order valence-corrected chi connectivity index (χ4v) is 0.287. The number of rotatable bonds is 2. The van der Waals surface area contributed by atoms with Crippen molar-refractivity contribution in [2.24, 2.45) is 0 Å². The summed E-state index contributed by atoms with van der Waals surface area (Å²) in [4.78, 5) is 10.3. The van der Waals surface area contributed by atoms with Crippen molar-refractivity contribution >= 4 is 35.3 Å². The Morgan fingerprint density at radius 1 is 1.67 bits per heavy atom. The number of carbonyl (C=O) groups is 1. The van der Waals surface area contributed by atoms with E-state index in [1.165, 1.54) is 14.0 Å². The van der Waals surface area contributed by atoms with Gasteiger partial charge in [-0.2, -0.15) is 0 Å². The van der Waals surface area contributed by atoms with Crippen molar-refractivity contribution in [1.29, 1.82) is 0 Å². The second-order valence-electron chi connectivity index (χ2n) is 1.25. The molecule has 0 aliphatic rings. The number of hydrogen-bond acceptors (Lipinski definition) is 3. The number of methoxy groups -OCH3 is 1. The Morgan fingerprint density at radius 2 is 2.11 bits per heavy atom. The number of hydrogen-bond donors (Lipinski definition) is 1. The molecule has 0 radical (unpaired) electrons. The van der Waals surface area contributed by atoms with Gasteiger partial charge in [0.15, 0.2) is 11.5 Å². The third kappa shape index (κ3) is 4.51. The average Bonchev–Trinajstić information content (AvgIpc) is 1.69. The van der Waals surface area contributed by atoms with Crippen LogP contribution in [0.1, 0.15) is 6.92 Å². The third-order valence-corrected chi connectivity index (χ3v) is 0.684. The Balaban J connectivity index is 0. The van der Waals surface area contributed by atoms with Crippen LogP contribution in [0, 0.1) is 0 Å². The third-order valence-electron chi connectivity index (χ3n) is 0.684. The van der Waals surface area contributed by atoms with Crippen LogP contribution in [-0.4, -0.2) is 47.6 Å². The van der Waals surface area contributed by atoms with E-state index >= 15 is 0 Å². The zero-order valence-corrected chi connectivity index (χ0v) is 4.84. The first-order chi connectivity index (χ1) is 3.72. The number of ether oxygens (including phenoxy) is 1. The first kappa shape index (κ1) is 11.8. The van der Waals surface area contributed by atoms with Crippen LogP contribution in [0.4, 0.5) is 0 Å². The van der Waals surface area contributed by atoms with Gasteiger partial charge in [0.1, 0.15) is 6.26 Å². The Hall–Kier alpha value is 0.0100. The molecule has 0 atom stereocenters. The zero-order valence-electron chi connectivity index (χ0n) is 4.84. The van der Waals surface area contributed by atoms with E-state index in [4.69, 9.17) is 5.11 Å². The summed E-state index contributed by atoms with van der Waals surface area (Å²) >= 11 is 0. The molecule has 4 heteroatoms. The molecule has 0 rings (SSSR count). The Labute approximate surface area is 76.0 Å². The minimum atomic E-state index is -0.282. The molecule has 0 saturated heterocycles. The van der Waals surface area contributed by atoms with E-state index in [1.807, 2.05) is 0 Å². The van der Waals surface area contributed by atoms with Gasteiger partial charge in [-0.3, -0.25) is 4.79 Å². The molecule has 0 aromatic heterocycles. The minimum absolute atomic E-state index is 0.